The van der Waals surface area contributed by atoms with E-state index in [-0.39, 0.29) is 48.3 Å². The molecule has 1 fully saturated rings. The first-order valence-electron chi connectivity index (χ1n) is 15.5. The van der Waals surface area contributed by atoms with Gasteiger partial charge < -0.3 is 30.0 Å². The molecule has 3 unspecified atom stereocenters. The number of hydrogen-bond acceptors (Lipinski definition) is 11. The number of rotatable bonds is 14. The maximum atomic E-state index is 14.2. The second-order valence-corrected chi connectivity index (χ2v) is 11.5. The zero-order valence-corrected chi connectivity index (χ0v) is 29.1. The molecule has 2 heterocycles. The Morgan fingerprint density at radius 3 is 2.50 bits per heavy atom. The Bertz CT molecular complexity index is 1530. The van der Waals surface area contributed by atoms with E-state index in [1.807, 2.05) is 30.3 Å². The van der Waals surface area contributed by atoms with Crippen LogP contribution in [0.2, 0.25) is 0 Å². The number of carbonyl (C=O) groups is 2. The van der Waals surface area contributed by atoms with Crippen molar-refractivity contribution in [3.05, 3.63) is 92.8 Å². The number of carbonyl (C=O) groups excluding carboxylic acids is 2. The van der Waals surface area contributed by atoms with E-state index in [0.717, 1.165) is 32.2 Å². The van der Waals surface area contributed by atoms with Gasteiger partial charge in [-0.3, -0.25) is 15.0 Å². The molecule has 1 saturated heterocycles. The first kappa shape index (κ1) is 42.3. The Morgan fingerprint density at radius 2 is 1.84 bits per heavy atom. The number of dihydropyridines is 1. The summed E-state index contributed by atoms with van der Waals surface area (Å²) in [7, 11) is 0.908. The van der Waals surface area contributed by atoms with Crippen molar-refractivity contribution in [1.82, 2.24) is 15.5 Å². The Kier molecular flexibility index (Phi) is 16.5. The summed E-state index contributed by atoms with van der Waals surface area (Å²) in [4.78, 5) is 39.5. The second kappa shape index (κ2) is 19.5. The summed E-state index contributed by atoms with van der Waals surface area (Å²) in [5, 5.41) is 27.0. The number of allylic oxidation sites excluding steroid dienone is 2. The fraction of sp³-hybridized carbons (Fsp3) is 0.455. The lowest BCUT2D eigenvalue weighted by Gasteiger charge is -2.35. The van der Waals surface area contributed by atoms with Gasteiger partial charge in [0.1, 0.15) is 30.3 Å². The number of para-hydroxylation sites is 1. The molecule has 276 valence electrons. The van der Waals surface area contributed by atoms with Gasteiger partial charge >= 0.3 is 18.1 Å². The van der Waals surface area contributed by atoms with Crippen molar-refractivity contribution < 1.29 is 47.0 Å². The molecular formula is C33H41Cl2F3N4O8. The summed E-state index contributed by atoms with van der Waals surface area (Å²) in [6.07, 6.45) is -4.35. The number of alkyl halides is 3. The normalized spacial score (nSPS) is 18.6. The van der Waals surface area contributed by atoms with Crippen LogP contribution < -0.4 is 15.4 Å². The molecule has 12 nitrogen and oxygen atoms in total. The van der Waals surface area contributed by atoms with Gasteiger partial charge in [0.05, 0.1) is 29.1 Å². The predicted octanol–water partition coefficient (Wildman–Crippen LogP) is 4.82. The van der Waals surface area contributed by atoms with Crippen molar-refractivity contribution in [1.29, 1.82) is 0 Å². The number of nitro groups is 1. The highest BCUT2D eigenvalue weighted by molar-refractivity contribution is 6.00. The topological polar surface area (TPSA) is 152 Å². The SMILES string of the molecule is COC(=O)C1=C(C(F)(F)F)NC(C)=C(C(=O)OC2CCCN(CCCNCC(O)COc3ccccc3)C2)C1c1cccc([N+](=O)[O-])c1.Cl.Cl. The van der Waals surface area contributed by atoms with Crippen LogP contribution in [0, 0.1) is 10.1 Å². The Balaban J connectivity index is 0.00000433. The van der Waals surface area contributed by atoms with Gasteiger partial charge in [-0.25, -0.2) is 9.59 Å². The molecule has 0 aliphatic carbocycles. The molecule has 3 atom stereocenters. The molecule has 2 aliphatic rings. The van der Waals surface area contributed by atoms with Gasteiger partial charge in [-0.05, 0) is 63.5 Å². The van der Waals surface area contributed by atoms with Gasteiger partial charge in [0, 0.05) is 30.9 Å². The van der Waals surface area contributed by atoms with E-state index in [1.54, 1.807) is 0 Å². The number of piperidine rings is 1. The van der Waals surface area contributed by atoms with E-state index < -0.39 is 58.1 Å². The Hall–Kier alpha value is -3.89. The molecule has 0 radical (unpaired) electrons. The highest BCUT2D eigenvalue weighted by Gasteiger charge is 2.48. The quantitative estimate of drug-likeness (QED) is 0.106. The molecule has 2 aromatic carbocycles. The van der Waals surface area contributed by atoms with Crippen LogP contribution in [0.5, 0.6) is 5.75 Å². The van der Waals surface area contributed by atoms with Crippen molar-refractivity contribution in [3.8, 4) is 5.75 Å². The molecule has 0 amide bonds. The first-order valence-corrected chi connectivity index (χ1v) is 15.5. The van der Waals surface area contributed by atoms with Crippen molar-refractivity contribution in [2.24, 2.45) is 0 Å². The monoisotopic (exact) mass is 748 g/mol. The van der Waals surface area contributed by atoms with Gasteiger partial charge in [0.15, 0.2) is 0 Å². The van der Waals surface area contributed by atoms with E-state index in [4.69, 9.17) is 14.2 Å². The van der Waals surface area contributed by atoms with Crippen molar-refractivity contribution >= 4 is 42.4 Å². The molecule has 2 aromatic rings. The largest absolute Gasteiger partial charge is 0.491 e. The molecular weight excluding hydrogens is 708 g/mol. The zero-order valence-electron chi connectivity index (χ0n) is 27.4. The minimum Gasteiger partial charge on any atom is -0.491 e. The summed E-state index contributed by atoms with van der Waals surface area (Å²) in [6.45, 7) is 4.18. The number of nitrogens with zero attached hydrogens (tertiary/aromatic N) is 2. The molecule has 0 spiro atoms. The number of hydrogen-bond donors (Lipinski definition) is 3. The van der Waals surface area contributed by atoms with Gasteiger partial charge in [-0.1, -0.05) is 30.3 Å². The van der Waals surface area contributed by atoms with Crippen LogP contribution in [0.25, 0.3) is 0 Å². The molecule has 0 bridgehead atoms. The number of methoxy groups -OCH3 is 1. The standard InChI is InChI=1S/C33H39F3N4O8.2ClH/c1-21-27(28(22-9-6-10-23(17-22)40(44)45)29(31(42)46-2)30(38-21)33(34,35)36)32(43)48-26-13-7-15-39(19-26)16-8-14-37-18-24(41)20-47-25-11-4-3-5-12-25;;/h3-6,9-12,17,24,26,28,37-38,41H,7-8,13-16,18-20H2,1-2H3;2*1H. The number of nitrogens with one attached hydrogen (secondary N) is 2. The Labute approximate surface area is 300 Å². The number of aliphatic hydroxyl groups is 1. The minimum absolute atomic E-state index is 0. The van der Waals surface area contributed by atoms with Gasteiger partial charge in [0.2, 0.25) is 0 Å². The number of ether oxygens (including phenoxy) is 3. The van der Waals surface area contributed by atoms with E-state index in [2.05, 4.69) is 15.5 Å². The fourth-order valence-electron chi connectivity index (χ4n) is 5.79. The molecule has 0 saturated carbocycles. The highest BCUT2D eigenvalue weighted by atomic mass is 35.5. The average Bonchev–Trinajstić information content (AvgIpc) is 3.06. The molecule has 4 rings (SSSR count). The number of benzene rings is 2. The second-order valence-electron chi connectivity index (χ2n) is 11.5. The molecule has 2 aliphatic heterocycles. The van der Waals surface area contributed by atoms with E-state index in [0.29, 0.717) is 44.8 Å². The van der Waals surface area contributed by atoms with Crippen LogP contribution in [0.3, 0.4) is 0 Å². The fourth-order valence-corrected chi connectivity index (χ4v) is 5.79. The van der Waals surface area contributed by atoms with Crippen molar-refractivity contribution in [2.45, 2.75) is 50.5 Å². The number of non-ortho nitro benzene ring substituents is 1. The Morgan fingerprint density at radius 1 is 1.12 bits per heavy atom. The third kappa shape index (κ3) is 11.3. The molecule has 0 aromatic heterocycles. The maximum Gasteiger partial charge on any atom is 0.431 e. The third-order valence-corrected chi connectivity index (χ3v) is 8.02. The first-order chi connectivity index (χ1) is 22.9. The smallest absolute Gasteiger partial charge is 0.431 e. The van der Waals surface area contributed by atoms with Gasteiger partial charge in [-0.15, -0.1) is 24.8 Å². The number of esters is 2. The van der Waals surface area contributed by atoms with Crippen LogP contribution in [0.4, 0.5) is 18.9 Å². The lowest BCUT2D eigenvalue weighted by molar-refractivity contribution is -0.384. The van der Waals surface area contributed by atoms with E-state index in [9.17, 15) is 38.0 Å². The van der Waals surface area contributed by atoms with Crippen molar-refractivity contribution in [3.63, 3.8) is 0 Å². The highest BCUT2D eigenvalue weighted by Crippen LogP contribution is 2.44. The van der Waals surface area contributed by atoms with Gasteiger partial charge in [0.25, 0.3) is 5.69 Å². The number of aliphatic hydroxyl groups excluding tert-OH is 1. The van der Waals surface area contributed by atoms with Crippen LogP contribution in [-0.4, -0.2) is 91.7 Å². The number of nitro benzene ring substituents is 1. The van der Waals surface area contributed by atoms with Crippen LogP contribution in [0.15, 0.2) is 77.1 Å². The molecule has 3 N–H and O–H groups in total. The predicted molar refractivity (Wildman–Crippen MR) is 182 cm³/mol. The van der Waals surface area contributed by atoms with Crippen LogP contribution in [0.1, 0.15) is 37.7 Å². The molecule has 50 heavy (non-hydrogen) atoms. The number of halogens is 5. The summed E-state index contributed by atoms with van der Waals surface area (Å²) >= 11 is 0. The summed E-state index contributed by atoms with van der Waals surface area (Å²) in [6, 6.07) is 13.9. The lowest BCUT2D eigenvalue weighted by Crippen LogP contribution is -2.43. The third-order valence-electron chi connectivity index (χ3n) is 8.02. The van der Waals surface area contributed by atoms with Crippen LogP contribution in [-0.2, 0) is 19.1 Å². The summed E-state index contributed by atoms with van der Waals surface area (Å²) < 4.78 is 58.6. The van der Waals surface area contributed by atoms with Crippen molar-refractivity contribution in [2.75, 3.05) is 46.4 Å². The summed E-state index contributed by atoms with van der Waals surface area (Å²) in [5.41, 5.74) is -3.31. The maximum absolute atomic E-state index is 14.2. The number of likely N-dealkylation sites (tertiary alicyclic amines) is 1. The molecule has 17 heteroatoms. The van der Waals surface area contributed by atoms with Crippen LogP contribution >= 0.6 is 24.8 Å². The lowest BCUT2D eigenvalue weighted by atomic mass is 9.80. The van der Waals surface area contributed by atoms with E-state index in [1.165, 1.54) is 19.1 Å². The van der Waals surface area contributed by atoms with E-state index >= 15 is 0 Å². The van der Waals surface area contributed by atoms with Gasteiger partial charge in [-0.2, -0.15) is 13.2 Å². The summed E-state index contributed by atoms with van der Waals surface area (Å²) in [5.74, 6) is -3.27. The zero-order chi connectivity index (χ0) is 34.8. The average molecular weight is 750 g/mol. The minimum atomic E-state index is -5.04.